The van der Waals surface area contributed by atoms with Crippen molar-refractivity contribution in [1.82, 2.24) is 0 Å². The van der Waals surface area contributed by atoms with E-state index in [9.17, 15) is 9.59 Å². The fourth-order valence-electron chi connectivity index (χ4n) is 21.3. The monoisotopic (exact) mass is 1890 g/mol. The zero-order valence-corrected chi connectivity index (χ0v) is 87.1. The Morgan fingerprint density at radius 2 is 0.561 bits per heavy atom. The lowest BCUT2D eigenvalue weighted by Gasteiger charge is -2.22. The van der Waals surface area contributed by atoms with E-state index in [0.717, 1.165) is 53.2 Å². The van der Waals surface area contributed by atoms with E-state index in [0.29, 0.717) is 50.7 Å². The number of nitrogens with zero attached hydrogens (tertiary/aromatic N) is 2. The molecule has 0 saturated heterocycles. The third-order valence-electron chi connectivity index (χ3n) is 29.4. The second-order valence-electron chi connectivity index (χ2n) is 40.6. The lowest BCUT2D eigenvalue weighted by atomic mass is 9.90. The second kappa shape index (κ2) is 65.5. The van der Waals surface area contributed by atoms with Crippen molar-refractivity contribution in [2.75, 3.05) is 22.9 Å². The number of rotatable bonds is 79. The Labute approximate surface area is 820 Å². The van der Waals surface area contributed by atoms with E-state index in [1.54, 1.807) is 70.5 Å². The van der Waals surface area contributed by atoms with Gasteiger partial charge in [-0.2, -0.15) is 0 Å². The van der Waals surface area contributed by atoms with Crippen LogP contribution in [0.15, 0.2) is 48.5 Å². The fourth-order valence-corrected chi connectivity index (χ4v) is 23.9. The molecule has 5 aromatic rings. The molecule has 0 N–H and O–H groups in total. The first-order chi connectivity index (χ1) is 64.7. The topological polar surface area (TPSA) is 93.2 Å². The maximum absolute atomic E-state index is 18.4. The molecule has 0 atom stereocenters. The fraction of sp³-hybridized carbons (Fsp3) is 0.695. The Hall–Kier alpha value is -5.40. The van der Waals surface area contributed by atoms with E-state index >= 15 is 18.4 Å². The van der Waals surface area contributed by atoms with Crippen molar-refractivity contribution in [2.45, 2.75) is 504 Å². The predicted octanol–water partition coefficient (Wildman–Crippen LogP) is 39.6. The molecule has 6 heterocycles. The number of halogens is 4. The third-order valence-corrected chi connectivity index (χ3v) is 32.4. The third kappa shape index (κ3) is 37.4. The smallest absolute Gasteiger partial charge is 0.345 e. The standard InChI is InChI=1S/C118H178Cl2F2N2O6S2/c1-7-11-15-19-23-27-31-35-39-43-47-51-55-59-63-67-73-93(74-68-64-60-56-52-48-44-40-36-32-28-24-20-16-12-8-2)77-71-85-123-113-96(80-79-91(5)111(113)121)107(115(123)125)109-98-88-103-99(89-102(98)129-117(109)127)110(118(128)130-103)108-97-82-81-95(106-90-101(120)105(132-106)84-83-104-100(119)87-92(6)131-104)112(122)114(97)124(116(108)126)86-72-78-94(75-69-65-61-57-53-49-45-41-37-33-29-25-21-17-13-9-3)76-70-66-62-58-54-50-46-42-38-34-30-26-22-18-14-10-4/h79-84,87-90,93-94H,7-78,85-86H2,1-6H3/b84-83+,109-107+,110-108+. The number of benzene rings is 3. The molecule has 4 aliphatic heterocycles. The molecule has 0 unspecified atom stereocenters. The molecule has 2 aromatic heterocycles. The number of fused-ring (bicyclic) bond motifs is 4. The Morgan fingerprint density at radius 3 is 0.856 bits per heavy atom. The van der Waals surface area contributed by atoms with Gasteiger partial charge in [-0.05, 0) is 99.4 Å². The second-order valence-corrected chi connectivity index (χ2v) is 43.7. The summed E-state index contributed by atoms with van der Waals surface area (Å²) in [6.45, 7) is 13.4. The summed E-state index contributed by atoms with van der Waals surface area (Å²) in [6, 6.07) is 13.6. The first-order valence-electron chi connectivity index (χ1n) is 55.3. The molecule has 0 saturated carbocycles. The SMILES string of the molecule is CCCCCCCCCCCCCCCCCCC(CCCCCCCCCCCCCCCCCC)CCCN1C(=O)/C(=C2/C(=O)Oc3cc4c(cc32)OC(=O)/C4=C2/C(=O)N(CCCC(CCCCCCCCCCCCCCCCCC)CCCCCCCCCCCCCCCCCC)c3c2ccc(-c2cc(Cl)c(/C=C/c4sc(C)cc4Cl)s2)c3F)c2ccc(C)c(F)c21. The lowest BCUT2D eigenvalue weighted by Crippen LogP contribution is -2.29. The van der Waals surface area contributed by atoms with E-state index in [-0.39, 0.29) is 80.5 Å². The van der Waals surface area contributed by atoms with E-state index in [1.807, 2.05) is 25.1 Å². The molecular weight excluding hydrogens is 1710 g/mol. The summed E-state index contributed by atoms with van der Waals surface area (Å²) in [5.74, 6) is -2.58. The minimum absolute atomic E-state index is 0.00885. The quantitative estimate of drug-likeness (QED) is 0.0167. The zero-order valence-electron chi connectivity index (χ0n) is 83.9. The molecule has 0 aliphatic carbocycles. The van der Waals surface area contributed by atoms with Crippen molar-refractivity contribution in [3.05, 3.63) is 113 Å². The van der Waals surface area contributed by atoms with Gasteiger partial charge in [-0.3, -0.25) is 9.59 Å². The van der Waals surface area contributed by atoms with Crippen LogP contribution < -0.4 is 19.3 Å². The van der Waals surface area contributed by atoms with Crippen LogP contribution in [0.4, 0.5) is 20.2 Å². The lowest BCUT2D eigenvalue weighted by molar-refractivity contribution is -0.127. The van der Waals surface area contributed by atoms with Gasteiger partial charge in [0.25, 0.3) is 11.8 Å². The van der Waals surface area contributed by atoms with Crippen LogP contribution in [0.25, 0.3) is 44.9 Å². The highest BCUT2D eigenvalue weighted by Gasteiger charge is 2.47. The van der Waals surface area contributed by atoms with E-state index in [4.69, 9.17) is 32.7 Å². The minimum atomic E-state index is -0.802. The molecule has 132 heavy (non-hydrogen) atoms. The van der Waals surface area contributed by atoms with Crippen LogP contribution in [0.1, 0.15) is 532 Å². The number of hydrogen-bond donors (Lipinski definition) is 0. The number of unbranched alkanes of at least 4 members (excludes halogenated alkanes) is 60. The number of esters is 2. The first-order valence-corrected chi connectivity index (χ1v) is 57.7. The van der Waals surface area contributed by atoms with E-state index in [2.05, 4.69) is 27.7 Å². The van der Waals surface area contributed by atoms with Gasteiger partial charge in [0.05, 0.1) is 43.7 Å². The van der Waals surface area contributed by atoms with Gasteiger partial charge in [0.1, 0.15) is 17.3 Å². The molecule has 4 aliphatic rings. The van der Waals surface area contributed by atoms with Crippen LogP contribution in [-0.2, 0) is 19.2 Å². The molecule has 8 nitrogen and oxygen atoms in total. The summed E-state index contributed by atoms with van der Waals surface area (Å²) < 4.78 is 47.8. The van der Waals surface area contributed by atoms with Crippen molar-refractivity contribution >= 4 is 115 Å². The number of anilines is 2. The van der Waals surface area contributed by atoms with Crippen molar-refractivity contribution in [3.63, 3.8) is 0 Å². The predicted molar refractivity (Wildman–Crippen MR) is 567 cm³/mol. The van der Waals surface area contributed by atoms with Gasteiger partial charge in [-0.1, -0.05) is 506 Å². The number of carbonyl (C=O) groups is 4. The largest absolute Gasteiger partial charge is 0.422 e. The maximum Gasteiger partial charge on any atom is 0.345 e. The van der Waals surface area contributed by atoms with E-state index in [1.165, 1.54) is 422 Å². The van der Waals surface area contributed by atoms with Crippen LogP contribution in [0.3, 0.4) is 0 Å². The van der Waals surface area contributed by atoms with Crippen molar-refractivity contribution < 1.29 is 37.4 Å². The molecule has 0 spiro atoms. The summed E-state index contributed by atoms with van der Waals surface area (Å²) in [5.41, 5.74) is 1.94. The summed E-state index contributed by atoms with van der Waals surface area (Å²) in [6.07, 6.45) is 96.8. The van der Waals surface area contributed by atoms with Gasteiger partial charge in [0.15, 0.2) is 5.82 Å². The summed E-state index contributed by atoms with van der Waals surface area (Å²) in [7, 11) is 0. The molecule has 0 radical (unpaired) electrons. The number of ether oxygens (including phenoxy) is 2. The zero-order chi connectivity index (χ0) is 93.5. The average molecular weight is 1890 g/mol. The van der Waals surface area contributed by atoms with Crippen molar-refractivity contribution in [1.29, 1.82) is 0 Å². The molecule has 0 bridgehead atoms. The van der Waals surface area contributed by atoms with Crippen LogP contribution in [-0.4, -0.2) is 36.8 Å². The van der Waals surface area contributed by atoms with Crippen LogP contribution >= 0.6 is 45.9 Å². The van der Waals surface area contributed by atoms with E-state index < -0.39 is 35.4 Å². The van der Waals surface area contributed by atoms with Crippen LogP contribution in [0.5, 0.6) is 11.5 Å². The molecule has 2 amide bonds. The van der Waals surface area contributed by atoms with Gasteiger partial charge >= 0.3 is 11.9 Å². The molecule has 736 valence electrons. The molecule has 0 fully saturated rings. The first kappa shape index (κ1) is 110. The van der Waals surface area contributed by atoms with Crippen LogP contribution in [0.2, 0.25) is 10.0 Å². The van der Waals surface area contributed by atoms with Gasteiger partial charge in [-0.25, -0.2) is 18.4 Å². The number of thiophene rings is 2. The van der Waals surface area contributed by atoms with Gasteiger partial charge in [0, 0.05) is 60.4 Å². The van der Waals surface area contributed by atoms with Crippen molar-refractivity contribution in [2.24, 2.45) is 11.8 Å². The normalized spacial score (nSPS) is 14.8. The number of amides is 2. The Kier molecular flexibility index (Phi) is 54.7. The average Bonchev–Trinajstić information content (AvgIpc) is 1.56. The highest BCUT2D eigenvalue weighted by molar-refractivity contribution is 7.17. The number of hydrogen-bond acceptors (Lipinski definition) is 8. The van der Waals surface area contributed by atoms with Gasteiger partial charge < -0.3 is 19.3 Å². The molecule has 9 rings (SSSR count). The summed E-state index contributed by atoms with van der Waals surface area (Å²) in [4.78, 5) is 67.3. The number of carbonyl (C=O) groups excluding carboxylic acids is 4. The maximum atomic E-state index is 18.4. The summed E-state index contributed by atoms with van der Waals surface area (Å²) >= 11 is 16.5. The Balaban J connectivity index is 0.891. The summed E-state index contributed by atoms with van der Waals surface area (Å²) in [5, 5.41) is 1.10. The highest BCUT2D eigenvalue weighted by atomic mass is 35.5. The van der Waals surface area contributed by atoms with Gasteiger partial charge in [-0.15, -0.1) is 22.7 Å². The molecular formula is C118H178Cl2F2N2O6S2. The van der Waals surface area contributed by atoms with Crippen molar-refractivity contribution in [3.8, 4) is 21.9 Å². The molecule has 3 aromatic carbocycles. The van der Waals surface area contributed by atoms with Crippen LogP contribution in [0, 0.1) is 37.3 Å². The Morgan fingerprint density at radius 1 is 0.303 bits per heavy atom. The Bertz CT molecular complexity index is 4190. The highest BCUT2D eigenvalue weighted by Crippen LogP contribution is 2.54. The molecule has 14 heteroatoms. The minimum Gasteiger partial charge on any atom is -0.422 e. The number of aryl methyl sites for hydroxylation is 2. The van der Waals surface area contributed by atoms with Gasteiger partial charge in [0.2, 0.25) is 0 Å².